The van der Waals surface area contributed by atoms with Gasteiger partial charge in [0.15, 0.2) is 6.10 Å². The molecule has 0 amide bonds. The van der Waals surface area contributed by atoms with Crippen molar-refractivity contribution in [2.75, 3.05) is 7.11 Å². The van der Waals surface area contributed by atoms with Gasteiger partial charge in [0.1, 0.15) is 5.60 Å². The van der Waals surface area contributed by atoms with Gasteiger partial charge in [-0.2, -0.15) is 0 Å². The Labute approximate surface area is 95.4 Å². The highest BCUT2D eigenvalue weighted by molar-refractivity contribution is 5.75. The second-order valence-corrected chi connectivity index (χ2v) is 5.04. The lowest BCUT2D eigenvalue weighted by molar-refractivity contribution is -0.181. The number of aliphatic hydroxyl groups excluding tert-OH is 1. The van der Waals surface area contributed by atoms with Crippen LogP contribution >= 0.6 is 0 Å². The van der Waals surface area contributed by atoms with Gasteiger partial charge in [-0.25, -0.2) is 4.79 Å². The van der Waals surface area contributed by atoms with Crippen LogP contribution in [-0.2, 0) is 14.3 Å². The zero-order chi connectivity index (χ0) is 12.6. The third-order valence-electron chi connectivity index (χ3n) is 3.11. The van der Waals surface area contributed by atoms with Crippen LogP contribution < -0.4 is 0 Å². The van der Waals surface area contributed by atoms with Crippen LogP contribution in [0.4, 0.5) is 0 Å². The number of aliphatic hydroxyl groups is 2. The van der Waals surface area contributed by atoms with Crippen molar-refractivity contribution in [2.24, 2.45) is 0 Å². The first kappa shape index (κ1) is 13.4. The quantitative estimate of drug-likeness (QED) is 0.681. The molecule has 1 heterocycles. The maximum absolute atomic E-state index is 11.2. The van der Waals surface area contributed by atoms with Crippen molar-refractivity contribution in [3.8, 4) is 0 Å². The molecule has 1 saturated heterocycles. The molecule has 0 saturated carbocycles. The Morgan fingerprint density at radius 3 is 2.56 bits per heavy atom. The van der Waals surface area contributed by atoms with E-state index in [1.165, 1.54) is 7.11 Å². The highest BCUT2D eigenvalue weighted by Crippen LogP contribution is 2.37. The average molecular weight is 232 g/mol. The molecule has 0 aliphatic carbocycles. The third-order valence-corrected chi connectivity index (χ3v) is 3.11. The highest BCUT2D eigenvalue weighted by Gasteiger charge is 2.49. The predicted molar refractivity (Wildman–Crippen MR) is 56.8 cm³/mol. The first-order valence-corrected chi connectivity index (χ1v) is 5.37. The number of hydrogen-bond donors (Lipinski definition) is 2. The average Bonchev–Trinajstić information content (AvgIpc) is 2.59. The van der Waals surface area contributed by atoms with Crippen LogP contribution in [0, 0.1) is 0 Å². The molecule has 2 N–H and O–H groups in total. The van der Waals surface area contributed by atoms with Gasteiger partial charge in [0.05, 0.1) is 18.8 Å². The van der Waals surface area contributed by atoms with Gasteiger partial charge in [0, 0.05) is 0 Å². The van der Waals surface area contributed by atoms with Crippen LogP contribution in [0.1, 0.15) is 33.6 Å². The lowest BCUT2D eigenvalue weighted by Gasteiger charge is -2.32. The maximum atomic E-state index is 11.2. The molecule has 0 aromatic carbocycles. The maximum Gasteiger partial charge on any atom is 0.337 e. The molecule has 0 spiro atoms. The normalized spacial score (nSPS) is 32.5. The van der Waals surface area contributed by atoms with Crippen molar-refractivity contribution < 1.29 is 24.5 Å². The standard InChI is InChI=1S/C11H20O5/c1-10(2,14)7-5-6-11(3,16-7)8(12)9(13)15-4/h7-8,12,14H,5-6H2,1-4H3/t7-,8-,11-/m1/s1. The van der Waals surface area contributed by atoms with Gasteiger partial charge < -0.3 is 19.7 Å². The van der Waals surface area contributed by atoms with Gasteiger partial charge in [-0.1, -0.05) is 0 Å². The fourth-order valence-electron chi connectivity index (χ4n) is 1.92. The van der Waals surface area contributed by atoms with Crippen molar-refractivity contribution in [3.63, 3.8) is 0 Å². The Hall–Kier alpha value is -0.650. The number of ether oxygens (including phenoxy) is 2. The van der Waals surface area contributed by atoms with Crippen molar-refractivity contribution in [3.05, 3.63) is 0 Å². The van der Waals surface area contributed by atoms with E-state index >= 15 is 0 Å². The molecule has 1 fully saturated rings. The molecule has 0 aromatic heterocycles. The minimum atomic E-state index is -1.31. The number of hydrogen-bond acceptors (Lipinski definition) is 5. The monoisotopic (exact) mass is 232 g/mol. The fourth-order valence-corrected chi connectivity index (χ4v) is 1.92. The van der Waals surface area contributed by atoms with E-state index in [-0.39, 0.29) is 6.10 Å². The number of rotatable bonds is 3. The van der Waals surface area contributed by atoms with Crippen LogP contribution in [0.25, 0.3) is 0 Å². The van der Waals surface area contributed by atoms with Crippen molar-refractivity contribution in [2.45, 2.75) is 57.0 Å². The summed E-state index contributed by atoms with van der Waals surface area (Å²) in [6.07, 6.45) is -0.576. The van der Waals surface area contributed by atoms with Crippen molar-refractivity contribution in [1.82, 2.24) is 0 Å². The third kappa shape index (κ3) is 2.53. The molecule has 0 unspecified atom stereocenters. The lowest BCUT2D eigenvalue weighted by atomic mass is 9.93. The van der Waals surface area contributed by atoms with Crippen molar-refractivity contribution >= 4 is 5.97 Å². The minimum Gasteiger partial charge on any atom is -0.467 e. The zero-order valence-electron chi connectivity index (χ0n) is 10.2. The summed E-state index contributed by atoms with van der Waals surface area (Å²) in [5.41, 5.74) is -1.95. The van der Waals surface area contributed by atoms with Gasteiger partial charge in [0.25, 0.3) is 0 Å². The van der Waals surface area contributed by atoms with E-state index in [0.717, 1.165) is 0 Å². The first-order chi connectivity index (χ1) is 7.20. The zero-order valence-corrected chi connectivity index (χ0v) is 10.2. The summed E-state index contributed by atoms with van der Waals surface area (Å²) in [5.74, 6) is -0.709. The molecule has 5 heteroatoms. The van der Waals surface area contributed by atoms with Gasteiger partial charge in [-0.3, -0.25) is 0 Å². The summed E-state index contributed by atoms with van der Waals surface area (Å²) in [6, 6.07) is 0. The second kappa shape index (κ2) is 4.31. The van der Waals surface area contributed by atoms with E-state index < -0.39 is 23.3 Å². The van der Waals surface area contributed by atoms with Crippen LogP contribution in [0.2, 0.25) is 0 Å². The summed E-state index contributed by atoms with van der Waals surface area (Å²) in [7, 11) is 1.22. The van der Waals surface area contributed by atoms with E-state index in [9.17, 15) is 15.0 Å². The van der Waals surface area contributed by atoms with Crippen LogP contribution in [0.15, 0.2) is 0 Å². The molecule has 1 aliphatic heterocycles. The van der Waals surface area contributed by atoms with Gasteiger partial charge in [-0.15, -0.1) is 0 Å². The molecule has 5 nitrogen and oxygen atoms in total. The van der Waals surface area contributed by atoms with Crippen molar-refractivity contribution in [1.29, 1.82) is 0 Å². The van der Waals surface area contributed by atoms with E-state index in [2.05, 4.69) is 4.74 Å². The molecule has 0 bridgehead atoms. The summed E-state index contributed by atoms with van der Waals surface area (Å²) in [6.45, 7) is 4.95. The Morgan fingerprint density at radius 2 is 2.19 bits per heavy atom. The van der Waals surface area contributed by atoms with Gasteiger partial charge in [-0.05, 0) is 33.6 Å². The topological polar surface area (TPSA) is 76.0 Å². The van der Waals surface area contributed by atoms with Crippen LogP contribution in [0.3, 0.4) is 0 Å². The summed E-state index contributed by atoms with van der Waals surface area (Å²) < 4.78 is 10.1. The lowest BCUT2D eigenvalue weighted by Crippen LogP contribution is -2.47. The molecular formula is C11H20O5. The van der Waals surface area contributed by atoms with E-state index in [0.29, 0.717) is 12.8 Å². The van der Waals surface area contributed by atoms with Crippen LogP contribution in [-0.4, -0.2) is 46.7 Å². The summed E-state index contributed by atoms with van der Waals surface area (Å²) in [5, 5.41) is 19.6. The van der Waals surface area contributed by atoms with E-state index in [1.807, 2.05) is 0 Å². The molecule has 1 aliphatic rings. The minimum absolute atomic E-state index is 0.378. The SMILES string of the molecule is COC(=O)[C@@H](O)[C@@]1(C)CC[C@H](C(C)(C)O)O1. The number of carbonyl (C=O) groups is 1. The second-order valence-electron chi connectivity index (χ2n) is 5.04. The Bertz CT molecular complexity index is 270. The van der Waals surface area contributed by atoms with E-state index in [1.54, 1.807) is 20.8 Å². The summed E-state index contributed by atoms with van der Waals surface area (Å²) >= 11 is 0. The predicted octanol–water partition coefficient (Wildman–Crippen LogP) is 0.229. The molecular weight excluding hydrogens is 212 g/mol. The molecule has 1 rings (SSSR count). The number of carbonyl (C=O) groups excluding carboxylic acids is 1. The summed E-state index contributed by atoms with van der Waals surface area (Å²) in [4.78, 5) is 11.2. The molecule has 0 radical (unpaired) electrons. The highest BCUT2D eigenvalue weighted by atomic mass is 16.6. The van der Waals surface area contributed by atoms with Gasteiger partial charge in [0.2, 0.25) is 0 Å². The van der Waals surface area contributed by atoms with Gasteiger partial charge >= 0.3 is 5.97 Å². The number of esters is 1. The number of methoxy groups -OCH3 is 1. The van der Waals surface area contributed by atoms with E-state index in [4.69, 9.17) is 4.74 Å². The molecule has 16 heavy (non-hydrogen) atoms. The Kier molecular flexibility index (Phi) is 3.62. The molecule has 0 aromatic rings. The smallest absolute Gasteiger partial charge is 0.337 e. The van der Waals surface area contributed by atoms with Crippen LogP contribution in [0.5, 0.6) is 0 Å². The molecule has 94 valence electrons. The Morgan fingerprint density at radius 1 is 1.62 bits per heavy atom. The first-order valence-electron chi connectivity index (χ1n) is 5.37. The Balaban J connectivity index is 2.72. The largest absolute Gasteiger partial charge is 0.467 e. The molecule has 3 atom stereocenters. The fraction of sp³-hybridized carbons (Fsp3) is 0.909.